The number of aromatic nitrogens is 3. The van der Waals surface area contributed by atoms with Gasteiger partial charge in [0.05, 0.1) is 5.69 Å². The van der Waals surface area contributed by atoms with Gasteiger partial charge in [-0.15, -0.1) is 15.0 Å². The molecule has 0 amide bonds. The highest BCUT2D eigenvalue weighted by molar-refractivity contribution is 9.10. The van der Waals surface area contributed by atoms with Crippen molar-refractivity contribution in [1.29, 1.82) is 0 Å². The predicted molar refractivity (Wildman–Crippen MR) is 61.2 cm³/mol. The number of benzene rings is 1. The summed E-state index contributed by atoms with van der Waals surface area (Å²) in [5.41, 5.74) is 6.42. The number of nitrogens with two attached hydrogens (primary N) is 1. The quantitative estimate of drug-likeness (QED) is 0.878. The summed E-state index contributed by atoms with van der Waals surface area (Å²) in [4.78, 5) is 1.48. The molecule has 0 atom stereocenters. The van der Waals surface area contributed by atoms with Crippen molar-refractivity contribution >= 4 is 37.7 Å². The minimum Gasteiger partial charge on any atom is -0.380 e. The minimum absolute atomic E-state index is 0.382. The van der Waals surface area contributed by atoms with Crippen molar-refractivity contribution in [2.75, 3.05) is 5.73 Å². The van der Waals surface area contributed by atoms with E-state index in [0.717, 1.165) is 10.2 Å². The van der Waals surface area contributed by atoms with Gasteiger partial charge < -0.3 is 5.73 Å². The lowest BCUT2D eigenvalue weighted by molar-refractivity contribution is 0.750. The van der Waals surface area contributed by atoms with Gasteiger partial charge in [-0.2, -0.15) is 0 Å². The van der Waals surface area contributed by atoms with Crippen molar-refractivity contribution < 1.29 is 0 Å². The van der Waals surface area contributed by atoms with Crippen molar-refractivity contribution in [3.63, 3.8) is 0 Å². The highest BCUT2D eigenvalue weighted by Gasteiger charge is 2.05. The molecule has 0 unspecified atom stereocenters. The molecule has 0 aliphatic rings. The van der Waals surface area contributed by atoms with Gasteiger partial charge in [0.15, 0.2) is 10.4 Å². The van der Waals surface area contributed by atoms with Crippen LogP contribution in [0.15, 0.2) is 33.3 Å². The van der Waals surface area contributed by atoms with Crippen LogP contribution < -0.4 is 5.73 Å². The van der Waals surface area contributed by atoms with Crippen LogP contribution in [0, 0.1) is 0 Å². The highest BCUT2D eigenvalue weighted by Crippen LogP contribution is 2.17. The van der Waals surface area contributed by atoms with Gasteiger partial charge in [0.25, 0.3) is 0 Å². The standard InChI is InChI=1S/C8H6Br2N4/c9-5-1-3-6(4-2-5)14-12-7(10)8(11)13-14/h1-4H,(H2,11,13). The Morgan fingerprint density at radius 2 is 1.71 bits per heavy atom. The Labute approximate surface area is 97.4 Å². The van der Waals surface area contributed by atoms with Crippen molar-refractivity contribution in [2.45, 2.75) is 0 Å². The predicted octanol–water partition coefficient (Wildman–Crippen LogP) is 2.37. The van der Waals surface area contributed by atoms with Crippen LogP contribution in [0.3, 0.4) is 0 Å². The Balaban J connectivity index is 2.44. The van der Waals surface area contributed by atoms with Gasteiger partial charge in [0.1, 0.15) is 0 Å². The zero-order chi connectivity index (χ0) is 10.1. The van der Waals surface area contributed by atoms with Crippen molar-refractivity contribution in [2.24, 2.45) is 0 Å². The first-order chi connectivity index (χ1) is 6.66. The minimum atomic E-state index is 0.382. The van der Waals surface area contributed by atoms with E-state index < -0.39 is 0 Å². The lowest BCUT2D eigenvalue weighted by Gasteiger charge is -1.97. The van der Waals surface area contributed by atoms with Crippen molar-refractivity contribution in [1.82, 2.24) is 15.0 Å². The smallest absolute Gasteiger partial charge is 0.181 e. The topological polar surface area (TPSA) is 56.7 Å². The van der Waals surface area contributed by atoms with E-state index in [4.69, 9.17) is 5.73 Å². The summed E-state index contributed by atoms with van der Waals surface area (Å²) < 4.78 is 1.57. The van der Waals surface area contributed by atoms with Crippen LogP contribution in [0.4, 0.5) is 5.82 Å². The number of hydrogen-bond donors (Lipinski definition) is 1. The molecular weight excluding hydrogens is 312 g/mol. The van der Waals surface area contributed by atoms with E-state index in [1.54, 1.807) is 0 Å². The molecule has 72 valence electrons. The molecule has 0 radical (unpaired) electrons. The van der Waals surface area contributed by atoms with Crippen LogP contribution in [0.2, 0.25) is 0 Å². The first-order valence-corrected chi connectivity index (χ1v) is 5.39. The molecule has 1 aromatic heterocycles. The van der Waals surface area contributed by atoms with Crippen molar-refractivity contribution in [3.8, 4) is 5.69 Å². The summed E-state index contributed by atoms with van der Waals surface area (Å²) in [5.74, 6) is 0.382. The number of rotatable bonds is 1. The number of nitrogen functional groups attached to an aromatic ring is 1. The summed E-state index contributed by atoms with van der Waals surface area (Å²) in [6.07, 6.45) is 0. The zero-order valence-corrected chi connectivity index (χ0v) is 10.2. The van der Waals surface area contributed by atoms with Gasteiger partial charge in [0, 0.05) is 4.47 Å². The third-order valence-corrected chi connectivity index (χ3v) is 2.75. The Kier molecular flexibility index (Phi) is 2.56. The number of nitrogens with zero attached hydrogens (tertiary/aromatic N) is 3. The van der Waals surface area contributed by atoms with Crippen molar-refractivity contribution in [3.05, 3.63) is 33.3 Å². The second kappa shape index (κ2) is 3.70. The Bertz CT molecular complexity index is 429. The van der Waals surface area contributed by atoms with E-state index in [-0.39, 0.29) is 0 Å². The van der Waals surface area contributed by atoms with E-state index in [9.17, 15) is 0 Å². The molecule has 2 rings (SSSR count). The lowest BCUT2D eigenvalue weighted by atomic mass is 10.3. The van der Waals surface area contributed by atoms with E-state index in [2.05, 4.69) is 42.1 Å². The van der Waals surface area contributed by atoms with E-state index in [1.807, 2.05) is 24.3 Å². The van der Waals surface area contributed by atoms with Gasteiger partial charge in [0.2, 0.25) is 0 Å². The summed E-state index contributed by atoms with van der Waals surface area (Å²) >= 11 is 6.55. The molecule has 14 heavy (non-hydrogen) atoms. The van der Waals surface area contributed by atoms with Gasteiger partial charge in [-0.05, 0) is 40.2 Å². The fourth-order valence-corrected chi connectivity index (χ4v) is 1.48. The average Bonchev–Trinajstić information content (AvgIpc) is 2.48. The van der Waals surface area contributed by atoms with Crippen LogP contribution in [0.1, 0.15) is 0 Å². The average molecular weight is 318 g/mol. The van der Waals surface area contributed by atoms with Gasteiger partial charge in [-0.3, -0.25) is 0 Å². The molecule has 1 aromatic carbocycles. The molecule has 0 fully saturated rings. The summed E-state index contributed by atoms with van der Waals surface area (Å²) in [5, 5.41) is 8.12. The van der Waals surface area contributed by atoms with E-state index in [0.29, 0.717) is 10.4 Å². The first-order valence-electron chi connectivity index (χ1n) is 3.81. The van der Waals surface area contributed by atoms with Gasteiger partial charge in [-0.25, -0.2) is 0 Å². The van der Waals surface area contributed by atoms with Crippen LogP contribution in [0.5, 0.6) is 0 Å². The SMILES string of the molecule is Nc1nn(-c2ccc(Br)cc2)nc1Br. The Morgan fingerprint density at radius 3 is 2.21 bits per heavy atom. The number of hydrogen-bond acceptors (Lipinski definition) is 3. The fraction of sp³-hybridized carbons (Fsp3) is 0. The van der Waals surface area contributed by atoms with Crippen LogP contribution >= 0.6 is 31.9 Å². The molecule has 4 nitrogen and oxygen atoms in total. The second-order valence-corrected chi connectivity index (χ2v) is 4.31. The summed E-state index contributed by atoms with van der Waals surface area (Å²) in [6.45, 7) is 0. The normalized spacial score (nSPS) is 10.4. The highest BCUT2D eigenvalue weighted by atomic mass is 79.9. The molecule has 0 spiro atoms. The van der Waals surface area contributed by atoms with Gasteiger partial charge >= 0.3 is 0 Å². The van der Waals surface area contributed by atoms with E-state index in [1.165, 1.54) is 4.80 Å². The molecule has 1 heterocycles. The van der Waals surface area contributed by atoms with Crippen LogP contribution in [0.25, 0.3) is 5.69 Å². The number of halogens is 2. The first kappa shape index (κ1) is 9.67. The molecule has 2 N–H and O–H groups in total. The molecule has 2 aromatic rings. The van der Waals surface area contributed by atoms with E-state index >= 15 is 0 Å². The maximum absolute atomic E-state index is 5.56. The summed E-state index contributed by atoms with van der Waals surface area (Å²) in [6, 6.07) is 7.64. The maximum Gasteiger partial charge on any atom is 0.181 e. The number of anilines is 1. The second-order valence-electron chi connectivity index (χ2n) is 2.64. The van der Waals surface area contributed by atoms with Crippen LogP contribution in [-0.4, -0.2) is 15.0 Å². The molecule has 6 heteroatoms. The molecule has 0 aliphatic heterocycles. The Morgan fingerprint density at radius 1 is 1.07 bits per heavy atom. The maximum atomic E-state index is 5.56. The molecule has 0 saturated carbocycles. The lowest BCUT2D eigenvalue weighted by Crippen LogP contribution is -1.98. The van der Waals surface area contributed by atoms with Gasteiger partial charge in [-0.1, -0.05) is 15.9 Å². The molecule has 0 aliphatic carbocycles. The molecular formula is C8H6Br2N4. The summed E-state index contributed by atoms with van der Waals surface area (Å²) in [7, 11) is 0. The third kappa shape index (κ3) is 1.80. The zero-order valence-electron chi connectivity index (χ0n) is 6.98. The molecule has 0 bridgehead atoms. The fourth-order valence-electron chi connectivity index (χ4n) is 0.990. The largest absolute Gasteiger partial charge is 0.380 e. The monoisotopic (exact) mass is 316 g/mol. The third-order valence-electron chi connectivity index (χ3n) is 1.65. The van der Waals surface area contributed by atoms with Crippen LogP contribution in [-0.2, 0) is 0 Å². The molecule has 0 saturated heterocycles. The Hall–Kier alpha value is -0.880.